The van der Waals surface area contributed by atoms with Gasteiger partial charge in [0, 0.05) is 30.3 Å². The molecule has 2 rings (SSSR count). The quantitative estimate of drug-likeness (QED) is 0.899. The molecule has 1 saturated heterocycles. The van der Waals surface area contributed by atoms with Crippen LogP contribution >= 0.6 is 11.8 Å². The van der Waals surface area contributed by atoms with Gasteiger partial charge in [0.1, 0.15) is 0 Å². The SMILES string of the molecule is OCc1ccc(N2CCSCC2)cc1C(F)(F)F. The molecule has 1 aromatic rings. The second-order valence-corrected chi connectivity index (χ2v) is 5.32. The monoisotopic (exact) mass is 277 g/mol. The maximum absolute atomic E-state index is 12.8. The van der Waals surface area contributed by atoms with Crippen LogP contribution in [-0.2, 0) is 12.8 Å². The highest BCUT2D eigenvalue weighted by Gasteiger charge is 2.33. The minimum absolute atomic E-state index is 0.0716. The van der Waals surface area contributed by atoms with Crippen molar-refractivity contribution in [3.05, 3.63) is 29.3 Å². The minimum atomic E-state index is -4.42. The summed E-state index contributed by atoms with van der Waals surface area (Å²) in [6, 6.07) is 4.15. The fraction of sp³-hybridized carbons (Fsp3) is 0.500. The molecule has 1 aromatic carbocycles. The number of hydrogen-bond acceptors (Lipinski definition) is 3. The average Bonchev–Trinajstić information content (AvgIpc) is 2.38. The van der Waals surface area contributed by atoms with Crippen LogP contribution in [0.15, 0.2) is 18.2 Å². The fourth-order valence-electron chi connectivity index (χ4n) is 1.98. The van der Waals surface area contributed by atoms with E-state index in [-0.39, 0.29) is 5.56 Å². The summed E-state index contributed by atoms with van der Waals surface area (Å²) in [4.78, 5) is 1.95. The van der Waals surface area contributed by atoms with Crippen LogP contribution in [0.3, 0.4) is 0 Å². The topological polar surface area (TPSA) is 23.5 Å². The Hall–Kier alpha value is -0.880. The van der Waals surface area contributed by atoms with E-state index in [4.69, 9.17) is 5.11 Å². The number of halogens is 3. The van der Waals surface area contributed by atoms with Crippen molar-refractivity contribution in [2.45, 2.75) is 12.8 Å². The largest absolute Gasteiger partial charge is 0.416 e. The molecule has 0 atom stereocenters. The van der Waals surface area contributed by atoms with Gasteiger partial charge in [-0.25, -0.2) is 0 Å². The highest BCUT2D eigenvalue weighted by molar-refractivity contribution is 7.99. The van der Waals surface area contributed by atoms with E-state index in [1.54, 1.807) is 17.8 Å². The van der Waals surface area contributed by atoms with E-state index in [1.807, 2.05) is 4.90 Å². The molecule has 18 heavy (non-hydrogen) atoms. The van der Waals surface area contributed by atoms with Crippen LogP contribution in [0.1, 0.15) is 11.1 Å². The Bertz CT molecular complexity index is 416. The first-order valence-corrected chi connectivity index (χ1v) is 6.81. The second-order valence-electron chi connectivity index (χ2n) is 4.10. The van der Waals surface area contributed by atoms with Crippen molar-refractivity contribution in [3.8, 4) is 0 Å². The maximum Gasteiger partial charge on any atom is 0.416 e. The third-order valence-corrected chi connectivity index (χ3v) is 3.89. The lowest BCUT2D eigenvalue weighted by atomic mass is 10.1. The minimum Gasteiger partial charge on any atom is -0.392 e. The molecule has 100 valence electrons. The smallest absolute Gasteiger partial charge is 0.392 e. The summed E-state index contributed by atoms with van der Waals surface area (Å²) >= 11 is 1.81. The molecule has 0 aliphatic carbocycles. The fourth-order valence-corrected chi connectivity index (χ4v) is 2.89. The Morgan fingerprint density at radius 2 is 1.89 bits per heavy atom. The number of anilines is 1. The number of thioether (sulfide) groups is 1. The van der Waals surface area contributed by atoms with E-state index < -0.39 is 18.3 Å². The lowest BCUT2D eigenvalue weighted by Gasteiger charge is -2.29. The van der Waals surface area contributed by atoms with E-state index in [2.05, 4.69) is 0 Å². The molecule has 1 aliphatic rings. The van der Waals surface area contributed by atoms with Gasteiger partial charge in [-0.15, -0.1) is 0 Å². The Balaban J connectivity index is 2.33. The van der Waals surface area contributed by atoms with Crippen LogP contribution in [0.4, 0.5) is 18.9 Å². The van der Waals surface area contributed by atoms with Crippen LogP contribution in [0, 0.1) is 0 Å². The third-order valence-electron chi connectivity index (χ3n) is 2.95. The molecule has 6 heteroatoms. The summed E-state index contributed by atoms with van der Waals surface area (Å²) in [6.07, 6.45) is -4.42. The van der Waals surface area contributed by atoms with E-state index in [9.17, 15) is 13.2 Å². The van der Waals surface area contributed by atoms with Crippen molar-refractivity contribution in [3.63, 3.8) is 0 Å². The van der Waals surface area contributed by atoms with Crippen LogP contribution in [0.5, 0.6) is 0 Å². The molecule has 0 aromatic heterocycles. The number of aliphatic hydroxyl groups excluding tert-OH is 1. The van der Waals surface area contributed by atoms with Crippen LogP contribution < -0.4 is 4.90 Å². The Morgan fingerprint density at radius 1 is 1.22 bits per heavy atom. The second kappa shape index (κ2) is 5.40. The van der Waals surface area contributed by atoms with E-state index in [1.165, 1.54) is 6.07 Å². The molecular formula is C12H14F3NOS. The number of benzene rings is 1. The summed E-state index contributed by atoms with van der Waals surface area (Å²) in [6.45, 7) is 0.936. The van der Waals surface area contributed by atoms with E-state index in [0.29, 0.717) is 5.69 Å². The van der Waals surface area contributed by atoms with Crippen molar-refractivity contribution >= 4 is 17.4 Å². The Labute approximate surface area is 108 Å². The molecule has 0 saturated carbocycles. The predicted octanol–water partition coefficient (Wildman–Crippen LogP) is 2.75. The zero-order valence-electron chi connectivity index (χ0n) is 9.70. The number of aliphatic hydroxyl groups is 1. The zero-order valence-corrected chi connectivity index (χ0v) is 10.5. The molecule has 0 radical (unpaired) electrons. The molecule has 0 unspecified atom stereocenters. The van der Waals surface area contributed by atoms with E-state index >= 15 is 0 Å². The highest BCUT2D eigenvalue weighted by Crippen LogP contribution is 2.35. The lowest BCUT2D eigenvalue weighted by Crippen LogP contribution is -2.32. The first-order chi connectivity index (χ1) is 8.52. The number of rotatable bonds is 2. The number of alkyl halides is 3. The molecule has 0 amide bonds. The van der Waals surface area contributed by atoms with Gasteiger partial charge in [-0.05, 0) is 17.7 Å². The molecule has 0 bridgehead atoms. The van der Waals surface area contributed by atoms with Gasteiger partial charge >= 0.3 is 6.18 Å². The first kappa shape index (κ1) is 13.5. The van der Waals surface area contributed by atoms with Gasteiger partial charge in [0.2, 0.25) is 0 Å². The Kier molecular flexibility index (Phi) is 4.07. The number of nitrogens with zero attached hydrogens (tertiary/aromatic N) is 1. The van der Waals surface area contributed by atoms with Gasteiger partial charge in [-0.2, -0.15) is 24.9 Å². The molecule has 2 nitrogen and oxygen atoms in total. The van der Waals surface area contributed by atoms with Crippen molar-refractivity contribution in [2.24, 2.45) is 0 Å². The first-order valence-electron chi connectivity index (χ1n) is 5.66. The molecular weight excluding hydrogens is 263 g/mol. The van der Waals surface area contributed by atoms with Gasteiger partial charge in [0.15, 0.2) is 0 Å². The maximum atomic E-state index is 12.8. The normalized spacial score (nSPS) is 17.0. The van der Waals surface area contributed by atoms with Crippen molar-refractivity contribution in [1.29, 1.82) is 0 Å². The predicted molar refractivity (Wildman–Crippen MR) is 66.9 cm³/mol. The zero-order chi connectivity index (χ0) is 13.2. The highest BCUT2D eigenvalue weighted by atomic mass is 32.2. The Morgan fingerprint density at radius 3 is 2.44 bits per heavy atom. The number of hydrogen-bond donors (Lipinski definition) is 1. The van der Waals surface area contributed by atoms with Crippen molar-refractivity contribution in [2.75, 3.05) is 29.5 Å². The lowest BCUT2D eigenvalue weighted by molar-refractivity contribution is -0.138. The molecule has 1 aliphatic heterocycles. The standard InChI is InChI=1S/C12H14F3NOS/c13-12(14,15)11-7-10(2-1-9(11)8-17)16-3-5-18-6-4-16/h1-2,7,17H,3-6,8H2. The van der Waals surface area contributed by atoms with Gasteiger partial charge in [-0.1, -0.05) is 6.07 Å². The third kappa shape index (κ3) is 2.92. The summed E-state index contributed by atoms with van der Waals surface area (Å²) < 4.78 is 38.5. The summed E-state index contributed by atoms with van der Waals surface area (Å²) in [5.74, 6) is 1.87. The molecule has 1 heterocycles. The average molecular weight is 277 g/mol. The van der Waals surface area contributed by atoms with Crippen LogP contribution in [0.25, 0.3) is 0 Å². The van der Waals surface area contributed by atoms with Crippen LogP contribution in [-0.4, -0.2) is 29.7 Å². The van der Waals surface area contributed by atoms with Gasteiger partial charge < -0.3 is 10.0 Å². The van der Waals surface area contributed by atoms with Gasteiger partial charge in [0.25, 0.3) is 0 Å². The molecule has 1 fully saturated rings. The summed E-state index contributed by atoms with van der Waals surface area (Å²) in [5.41, 5.74) is -0.224. The van der Waals surface area contributed by atoms with E-state index in [0.717, 1.165) is 30.7 Å². The summed E-state index contributed by atoms with van der Waals surface area (Å²) in [7, 11) is 0. The molecule has 1 N–H and O–H groups in total. The molecule has 0 spiro atoms. The van der Waals surface area contributed by atoms with Gasteiger partial charge in [-0.3, -0.25) is 0 Å². The summed E-state index contributed by atoms with van der Waals surface area (Å²) in [5, 5.41) is 8.97. The van der Waals surface area contributed by atoms with Crippen molar-refractivity contribution in [1.82, 2.24) is 0 Å². The van der Waals surface area contributed by atoms with Crippen LogP contribution in [0.2, 0.25) is 0 Å². The van der Waals surface area contributed by atoms with Crippen molar-refractivity contribution < 1.29 is 18.3 Å². The van der Waals surface area contributed by atoms with Gasteiger partial charge in [0.05, 0.1) is 12.2 Å².